The average molecular weight is 250 g/mol. The van der Waals surface area contributed by atoms with Crippen LogP contribution in [-0.4, -0.2) is 26.0 Å². The third kappa shape index (κ3) is 2.78. The zero-order chi connectivity index (χ0) is 12.4. The molecule has 2 rings (SSSR count). The predicted octanol–water partition coefficient (Wildman–Crippen LogP) is 0.912. The monoisotopic (exact) mass is 250 g/mol. The number of aryl methyl sites for hydroxylation is 2. The molecule has 0 aromatic carbocycles. The smallest absolute Gasteiger partial charge is 0.284 e. The first-order valence-electron chi connectivity index (χ1n) is 4.72. The van der Waals surface area contributed by atoms with E-state index in [4.69, 9.17) is 15.6 Å². The maximum Gasteiger partial charge on any atom is 0.284 e. The van der Waals surface area contributed by atoms with E-state index in [9.17, 15) is 0 Å². The van der Waals surface area contributed by atoms with Gasteiger partial charge in [0.1, 0.15) is 11.5 Å². The summed E-state index contributed by atoms with van der Waals surface area (Å²) in [7, 11) is 0. The van der Waals surface area contributed by atoms with Crippen LogP contribution in [-0.2, 0) is 0 Å². The normalized spacial score (nSPS) is 10.5. The van der Waals surface area contributed by atoms with Gasteiger partial charge in [-0.25, -0.2) is 9.97 Å². The molecule has 0 radical (unpaired) electrons. The van der Waals surface area contributed by atoms with Gasteiger partial charge in [-0.15, -0.1) is 10.2 Å². The van der Waals surface area contributed by atoms with Crippen molar-refractivity contribution in [3.8, 4) is 0 Å². The van der Waals surface area contributed by atoms with Crippen molar-refractivity contribution in [3.63, 3.8) is 0 Å². The van der Waals surface area contributed by atoms with Crippen molar-refractivity contribution in [1.82, 2.24) is 20.2 Å². The lowest BCUT2D eigenvalue weighted by Gasteiger charge is -2.01. The largest absolute Gasteiger partial charge is 0.416 e. The van der Waals surface area contributed by atoms with Gasteiger partial charge in [0, 0.05) is 24.4 Å². The van der Waals surface area contributed by atoms with E-state index in [0.29, 0.717) is 22.0 Å². The van der Waals surface area contributed by atoms with Gasteiger partial charge >= 0.3 is 0 Å². The van der Waals surface area contributed by atoms with Gasteiger partial charge in [0.2, 0.25) is 5.89 Å². The molecule has 0 saturated carbocycles. The van der Waals surface area contributed by atoms with Gasteiger partial charge in [-0.2, -0.15) is 0 Å². The first-order chi connectivity index (χ1) is 8.04. The number of nitrogens with one attached hydrogen (secondary N) is 1. The Bertz CT molecular complexity index is 566. The molecule has 0 aliphatic carbocycles. The summed E-state index contributed by atoms with van der Waals surface area (Å²) in [6.45, 7) is 3.51. The molecule has 88 valence electrons. The second-order valence-corrected chi connectivity index (χ2v) is 4.20. The Morgan fingerprint density at radius 3 is 2.71 bits per heavy atom. The van der Waals surface area contributed by atoms with Gasteiger partial charge < -0.3 is 10.2 Å². The Morgan fingerprint density at radius 2 is 2.12 bits per heavy atom. The summed E-state index contributed by atoms with van der Waals surface area (Å²) in [6, 6.07) is 1.64. The first kappa shape index (κ1) is 11.5. The predicted molar refractivity (Wildman–Crippen MR) is 60.9 cm³/mol. The van der Waals surface area contributed by atoms with Crippen LogP contribution < -0.4 is 5.73 Å². The quantitative estimate of drug-likeness (QED) is 0.472. The van der Waals surface area contributed by atoms with Gasteiger partial charge in [0.05, 0.1) is 0 Å². The van der Waals surface area contributed by atoms with Crippen LogP contribution in [0.2, 0.25) is 0 Å². The third-order valence-electron chi connectivity index (χ3n) is 1.80. The molecular weight excluding hydrogens is 240 g/mol. The highest BCUT2D eigenvalue weighted by Gasteiger charge is 2.10. The molecule has 8 heteroatoms. The molecule has 17 heavy (non-hydrogen) atoms. The Kier molecular flexibility index (Phi) is 3.05. The minimum atomic E-state index is -0.0981. The molecule has 0 aliphatic rings. The van der Waals surface area contributed by atoms with Gasteiger partial charge in [0.25, 0.3) is 5.22 Å². The van der Waals surface area contributed by atoms with Gasteiger partial charge in [-0.05, 0) is 13.0 Å². The van der Waals surface area contributed by atoms with Crippen LogP contribution >= 0.6 is 11.8 Å². The number of amidine groups is 1. The van der Waals surface area contributed by atoms with E-state index in [1.54, 1.807) is 19.9 Å². The second-order valence-electron chi connectivity index (χ2n) is 3.28. The Balaban J connectivity index is 2.29. The number of aromatic nitrogens is 4. The van der Waals surface area contributed by atoms with Crippen LogP contribution in [0, 0.1) is 19.3 Å². The summed E-state index contributed by atoms with van der Waals surface area (Å²) in [4.78, 5) is 8.30. The summed E-state index contributed by atoms with van der Waals surface area (Å²) in [5.74, 6) is 0.381. The summed E-state index contributed by atoms with van der Waals surface area (Å²) < 4.78 is 5.20. The summed E-state index contributed by atoms with van der Waals surface area (Å²) >= 11 is 1.14. The van der Waals surface area contributed by atoms with Crippen LogP contribution in [0.3, 0.4) is 0 Å². The fourth-order valence-electron chi connectivity index (χ4n) is 1.12. The highest BCUT2D eigenvalue weighted by atomic mass is 32.2. The van der Waals surface area contributed by atoms with Crippen molar-refractivity contribution in [1.29, 1.82) is 5.41 Å². The molecular formula is C9H10N6OS. The van der Waals surface area contributed by atoms with Crippen LogP contribution in [0.25, 0.3) is 0 Å². The molecule has 0 fully saturated rings. The summed E-state index contributed by atoms with van der Waals surface area (Å²) in [6.07, 6.45) is 0. The minimum Gasteiger partial charge on any atom is -0.416 e. The number of nitrogens with zero attached hydrogens (tertiary/aromatic N) is 4. The zero-order valence-electron chi connectivity index (χ0n) is 9.26. The van der Waals surface area contributed by atoms with E-state index in [2.05, 4.69) is 20.2 Å². The number of hydrogen-bond donors (Lipinski definition) is 2. The molecule has 2 heterocycles. The Labute approximate surface area is 101 Å². The molecule has 0 atom stereocenters. The number of nitrogen functional groups attached to an aromatic ring is 1. The molecule has 0 bridgehead atoms. The van der Waals surface area contributed by atoms with E-state index in [1.165, 1.54) is 0 Å². The molecule has 0 amide bonds. The molecule has 3 N–H and O–H groups in total. The number of hydrogen-bond acceptors (Lipinski definition) is 7. The fourth-order valence-corrected chi connectivity index (χ4v) is 1.86. The van der Waals surface area contributed by atoms with Crippen molar-refractivity contribution >= 4 is 17.6 Å². The number of nitrogens with two attached hydrogens (primary N) is 1. The molecule has 2 aromatic rings. The fraction of sp³-hybridized carbons (Fsp3) is 0.222. The van der Waals surface area contributed by atoms with Crippen molar-refractivity contribution in [3.05, 3.63) is 23.3 Å². The van der Waals surface area contributed by atoms with E-state index in [0.717, 1.165) is 17.5 Å². The van der Waals surface area contributed by atoms with Crippen molar-refractivity contribution in [2.24, 2.45) is 5.73 Å². The van der Waals surface area contributed by atoms with Crippen molar-refractivity contribution in [2.45, 2.75) is 24.2 Å². The lowest BCUT2D eigenvalue weighted by molar-refractivity contribution is 0.429. The van der Waals surface area contributed by atoms with Crippen LogP contribution in [0.1, 0.15) is 17.3 Å². The lowest BCUT2D eigenvalue weighted by Crippen LogP contribution is -2.14. The minimum absolute atomic E-state index is 0.0981. The van der Waals surface area contributed by atoms with E-state index >= 15 is 0 Å². The first-order valence-corrected chi connectivity index (χ1v) is 5.54. The van der Waals surface area contributed by atoms with Crippen molar-refractivity contribution < 1.29 is 4.42 Å². The lowest BCUT2D eigenvalue weighted by atomic mass is 10.3. The van der Waals surface area contributed by atoms with Crippen LogP contribution in [0.5, 0.6) is 0 Å². The van der Waals surface area contributed by atoms with Gasteiger partial charge in [-0.3, -0.25) is 5.41 Å². The maximum atomic E-state index is 7.34. The van der Waals surface area contributed by atoms with E-state index in [1.807, 2.05) is 0 Å². The zero-order valence-corrected chi connectivity index (χ0v) is 10.1. The summed E-state index contributed by atoms with van der Waals surface area (Å²) in [5.41, 5.74) is 6.49. The summed E-state index contributed by atoms with van der Waals surface area (Å²) in [5, 5.41) is 15.7. The average Bonchev–Trinajstić information content (AvgIpc) is 2.63. The van der Waals surface area contributed by atoms with Crippen LogP contribution in [0.4, 0.5) is 0 Å². The Morgan fingerprint density at radius 1 is 1.35 bits per heavy atom. The molecule has 7 nitrogen and oxygen atoms in total. The highest BCUT2D eigenvalue weighted by Crippen LogP contribution is 2.23. The number of rotatable bonds is 3. The topological polar surface area (TPSA) is 115 Å². The molecule has 2 aromatic heterocycles. The van der Waals surface area contributed by atoms with Crippen LogP contribution in [0.15, 0.2) is 20.9 Å². The van der Waals surface area contributed by atoms with E-state index in [-0.39, 0.29) is 5.84 Å². The highest BCUT2D eigenvalue weighted by molar-refractivity contribution is 7.98. The van der Waals surface area contributed by atoms with Gasteiger partial charge in [0.15, 0.2) is 5.16 Å². The second kappa shape index (κ2) is 4.50. The molecule has 0 aliphatic heterocycles. The standard InChI is InChI=1S/C9H10N6OS/c1-4-3-6(7(10)11)13-8(12-4)17-9-15-14-5(2)16-9/h3H,1-2H3,(H3,10,11). The van der Waals surface area contributed by atoms with Crippen molar-refractivity contribution in [2.75, 3.05) is 0 Å². The Hall–Kier alpha value is -1.96. The molecule has 0 spiro atoms. The molecule has 0 saturated heterocycles. The maximum absolute atomic E-state index is 7.34. The SMILES string of the molecule is Cc1cc(C(=N)N)nc(Sc2nnc(C)o2)n1. The van der Waals surface area contributed by atoms with Gasteiger partial charge in [-0.1, -0.05) is 0 Å². The molecule has 0 unspecified atom stereocenters. The van der Waals surface area contributed by atoms with E-state index < -0.39 is 0 Å². The third-order valence-corrected chi connectivity index (χ3v) is 2.50.